The van der Waals surface area contributed by atoms with E-state index in [4.69, 9.17) is 0 Å². The van der Waals surface area contributed by atoms with Gasteiger partial charge in [-0.05, 0) is 38.1 Å². The molecule has 0 aliphatic carbocycles. The van der Waals surface area contributed by atoms with Crippen LogP contribution in [0.4, 0.5) is 0 Å². The average molecular weight is 219 g/mol. The normalized spacial score (nSPS) is 17.6. The lowest BCUT2D eigenvalue weighted by Gasteiger charge is -2.26. The molecule has 0 saturated carbocycles. The van der Waals surface area contributed by atoms with Crippen LogP contribution in [0.25, 0.3) is 0 Å². The molecule has 1 aromatic rings. The number of nitrogens with zero attached hydrogens (tertiary/aromatic N) is 1. The van der Waals surface area contributed by atoms with E-state index in [1.165, 1.54) is 0 Å². The third kappa shape index (κ3) is 2.79. The monoisotopic (exact) mass is 219 g/mol. The molecule has 4 heteroatoms. The Balaban J connectivity index is 1.82. The van der Waals surface area contributed by atoms with E-state index in [2.05, 4.69) is 15.6 Å². The number of pyridine rings is 1. The summed E-state index contributed by atoms with van der Waals surface area (Å²) in [5.41, 5.74) is 0.905. The number of carbonyl (C=O) groups is 1. The molecule has 0 spiro atoms. The molecule has 4 nitrogen and oxygen atoms in total. The van der Waals surface area contributed by atoms with E-state index in [1.54, 1.807) is 6.20 Å². The van der Waals surface area contributed by atoms with Gasteiger partial charge in [0.2, 0.25) is 5.91 Å². The van der Waals surface area contributed by atoms with Crippen LogP contribution in [0.1, 0.15) is 25.1 Å². The van der Waals surface area contributed by atoms with E-state index in [0.717, 1.165) is 18.8 Å². The quantitative estimate of drug-likeness (QED) is 0.790. The molecule has 0 aromatic carbocycles. The minimum absolute atomic E-state index is 0.0123. The number of aromatic nitrogens is 1. The van der Waals surface area contributed by atoms with Gasteiger partial charge in [0.1, 0.15) is 0 Å². The summed E-state index contributed by atoms with van der Waals surface area (Å²) in [7, 11) is 0. The minimum atomic E-state index is -0.0123. The summed E-state index contributed by atoms with van der Waals surface area (Å²) in [5.74, 6) is 0.626. The maximum Gasteiger partial charge on any atom is 0.220 e. The molecular weight excluding hydrogens is 202 g/mol. The van der Waals surface area contributed by atoms with Crippen molar-refractivity contribution in [3.05, 3.63) is 30.1 Å². The van der Waals surface area contributed by atoms with Gasteiger partial charge in [0.15, 0.2) is 0 Å². The Bertz CT molecular complexity index is 349. The van der Waals surface area contributed by atoms with Crippen molar-refractivity contribution in [3.8, 4) is 0 Å². The maximum atomic E-state index is 11.7. The van der Waals surface area contributed by atoms with Crippen LogP contribution in [-0.4, -0.2) is 24.0 Å². The molecule has 1 fully saturated rings. The second-order valence-electron chi connectivity index (χ2n) is 4.27. The van der Waals surface area contributed by atoms with Gasteiger partial charge in [-0.2, -0.15) is 0 Å². The van der Waals surface area contributed by atoms with Gasteiger partial charge < -0.3 is 10.6 Å². The third-order valence-electron chi connectivity index (χ3n) is 2.85. The van der Waals surface area contributed by atoms with Gasteiger partial charge in [0.05, 0.1) is 11.7 Å². The molecule has 86 valence electrons. The molecule has 2 heterocycles. The molecule has 1 atom stereocenters. The predicted octanol–water partition coefficient (Wildman–Crippen LogP) is 0.868. The number of hydrogen-bond acceptors (Lipinski definition) is 3. The molecule has 1 aliphatic heterocycles. The smallest absolute Gasteiger partial charge is 0.220 e. The SMILES string of the molecule is C[C@H](NC(=O)CC1CNC1)c1ccccn1. The first-order valence-corrected chi connectivity index (χ1v) is 5.66. The summed E-state index contributed by atoms with van der Waals surface area (Å²) in [5, 5.41) is 6.13. The van der Waals surface area contributed by atoms with Crippen molar-refractivity contribution < 1.29 is 4.79 Å². The van der Waals surface area contributed by atoms with Crippen molar-refractivity contribution in [2.24, 2.45) is 5.92 Å². The van der Waals surface area contributed by atoms with Gasteiger partial charge in [-0.1, -0.05) is 6.07 Å². The van der Waals surface area contributed by atoms with Gasteiger partial charge in [-0.3, -0.25) is 9.78 Å². The Morgan fingerprint density at radius 2 is 2.44 bits per heavy atom. The van der Waals surface area contributed by atoms with Gasteiger partial charge in [0, 0.05) is 12.6 Å². The zero-order valence-corrected chi connectivity index (χ0v) is 9.44. The molecule has 1 amide bonds. The molecule has 2 rings (SSSR count). The molecule has 1 saturated heterocycles. The molecule has 2 N–H and O–H groups in total. The zero-order valence-electron chi connectivity index (χ0n) is 9.44. The molecule has 0 unspecified atom stereocenters. The van der Waals surface area contributed by atoms with Crippen LogP contribution < -0.4 is 10.6 Å². The number of carbonyl (C=O) groups excluding carboxylic acids is 1. The van der Waals surface area contributed by atoms with Crippen LogP contribution in [0, 0.1) is 5.92 Å². The molecule has 16 heavy (non-hydrogen) atoms. The van der Waals surface area contributed by atoms with Crippen LogP contribution in [-0.2, 0) is 4.79 Å². The summed E-state index contributed by atoms with van der Waals surface area (Å²) < 4.78 is 0. The summed E-state index contributed by atoms with van der Waals surface area (Å²) in [6.45, 7) is 3.88. The lowest BCUT2D eigenvalue weighted by Crippen LogP contribution is -2.44. The number of rotatable bonds is 4. The first kappa shape index (κ1) is 11.1. The molecular formula is C12H17N3O. The van der Waals surface area contributed by atoms with Gasteiger partial charge in [0.25, 0.3) is 0 Å². The second kappa shape index (κ2) is 5.07. The zero-order chi connectivity index (χ0) is 11.4. The van der Waals surface area contributed by atoms with Gasteiger partial charge in [-0.25, -0.2) is 0 Å². The van der Waals surface area contributed by atoms with E-state index in [0.29, 0.717) is 12.3 Å². The van der Waals surface area contributed by atoms with Gasteiger partial charge >= 0.3 is 0 Å². The van der Waals surface area contributed by atoms with Crippen LogP contribution in [0.15, 0.2) is 24.4 Å². The highest BCUT2D eigenvalue weighted by Gasteiger charge is 2.21. The average Bonchev–Trinajstić information content (AvgIpc) is 2.25. The number of nitrogens with one attached hydrogen (secondary N) is 2. The van der Waals surface area contributed by atoms with Crippen LogP contribution in [0.3, 0.4) is 0 Å². The highest BCUT2D eigenvalue weighted by molar-refractivity contribution is 5.76. The summed E-state index contributed by atoms with van der Waals surface area (Å²) in [6.07, 6.45) is 2.36. The van der Waals surface area contributed by atoms with Crippen molar-refractivity contribution in [1.29, 1.82) is 0 Å². The fourth-order valence-electron chi connectivity index (χ4n) is 1.76. The Morgan fingerprint density at radius 1 is 1.62 bits per heavy atom. The standard InChI is InChI=1S/C12H17N3O/c1-9(11-4-2-3-5-14-11)15-12(16)6-10-7-13-8-10/h2-5,9-10,13H,6-8H2,1H3,(H,15,16)/t9-/m0/s1. The Morgan fingerprint density at radius 3 is 3.00 bits per heavy atom. The van der Waals surface area contributed by atoms with Crippen LogP contribution in [0.2, 0.25) is 0 Å². The third-order valence-corrected chi connectivity index (χ3v) is 2.85. The topological polar surface area (TPSA) is 54.0 Å². The van der Waals surface area contributed by atoms with E-state index < -0.39 is 0 Å². The maximum absolute atomic E-state index is 11.7. The number of amides is 1. The molecule has 0 bridgehead atoms. The fraction of sp³-hybridized carbons (Fsp3) is 0.500. The largest absolute Gasteiger partial charge is 0.348 e. The Labute approximate surface area is 95.5 Å². The molecule has 1 aliphatic rings. The first-order chi connectivity index (χ1) is 7.75. The first-order valence-electron chi connectivity index (χ1n) is 5.66. The highest BCUT2D eigenvalue weighted by Crippen LogP contribution is 2.11. The summed E-state index contributed by atoms with van der Waals surface area (Å²) in [4.78, 5) is 15.9. The van der Waals surface area contributed by atoms with Crippen molar-refractivity contribution in [3.63, 3.8) is 0 Å². The highest BCUT2D eigenvalue weighted by atomic mass is 16.1. The molecule has 1 aromatic heterocycles. The van der Waals surface area contributed by atoms with E-state index in [1.807, 2.05) is 25.1 Å². The van der Waals surface area contributed by atoms with Gasteiger partial charge in [-0.15, -0.1) is 0 Å². The van der Waals surface area contributed by atoms with Crippen molar-refractivity contribution in [1.82, 2.24) is 15.6 Å². The van der Waals surface area contributed by atoms with Crippen molar-refractivity contribution >= 4 is 5.91 Å². The summed E-state index contributed by atoms with van der Waals surface area (Å²) >= 11 is 0. The van der Waals surface area contributed by atoms with Crippen molar-refractivity contribution in [2.45, 2.75) is 19.4 Å². The lowest BCUT2D eigenvalue weighted by molar-refractivity contribution is -0.123. The Kier molecular flexibility index (Phi) is 3.51. The Hall–Kier alpha value is -1.42. The van der Waals surface area contributed by atoms with E-state index >= 15 is 0 Å². The number of hydrogen-bond donors (Lipinski definition) is 2. The molecule has 0 radical (unpaired) electrons. The second-order valence-corrected chi connectivity index (χ2v) is 4.27. The van der Waals surface area contributed by atoms with Crippen LogP contribution >= 0.6 is 0 Å². The predicted molar refractivity (Wildman–Crippen MR) is 61.8 cm³/mol. The summed E-state index contributed by atoms with van der Waals surface area (Å²) in [6, 6.07) is 5.72. The minimum Gasteiger partial charge on any atom is -0.348 e. The van der Waals surface area contributed by atoms with E-state index in [9.17, 15) is 4.79 Å². The fourth-order valence-corrected chi connectivity index (χ4v) is 1.76. The van der Waals surface area contributed by atoms with Crippen molar-refractivity contribution in [2.75, 3.05) is 13.1 Å². The van der Waals surface area contributed by atoms with Crippen LogP contribution in [0.5, 0.6) is 0 Å². The van der Waals surface area contributed by atoms with E-state index in [-0.39, 0.29) is 11.9 Å². The lowest BCUT2D eigenvalue weighted by atomic mass is 9.99.